The summed E-state index contributed by atoms with van der Waals surface area (Å²) in [6.45, 7) is 4.40. The Hall–Kier alpha value is -0.160. The summed E-state index contributed by atoms with van der Waals surface area (Å²) in [6, 6.07) is 0.324. The molecule has 0 aliphatic heterocycles. The van der Waals surface area contributed by atoms with Gasteiger partial charge in [0, 0.05) is 6.04 Å². The number of hydrogen-bond acceptors (Lipinski definition) is 4. The molecule has 1 unspecified atom stereocenters. The highest BCUT2D eigenvalue weighted by Crippen LogP contribution is 1.88. The molecule has 8 N–H and O–H groups in total. The summed E-state index contributed by atoms with van der Waals surface area (Å²) in [4.78, 5) is 0. The van der Waals surface area contributed by atoms with Crippen molar-refractivity contribution in [1.29, 1.82) is 0 Å². The van der Waals surface area contributed by atoms with Crippen LogP contribution in [0, 0.1) is 0 Å². The number of rotatable bonds is 7. The molecular formula is C10H28N4. The lowest BCUT2D eigenvalue weighted by atomic mass is 10.2. The van der Waals surface area contributed by atoms with Crippen LogP contribution in [0.4, 0.5) is 0 Å². The Labute approximate surface area is 88.4 Å². The van der Waals surface area contributed by atoms with Crippen LogP contribution in [0.3, 0.4) is 0 Å². The molecule has 0 aromatic carbocycles. The molecule has 0 aliphatic rings. The van der Waals surface area contributed by atoms with E-state index < -0.39 is 0 Å². The number of unbranched alkanes of at least 4 members (excludes halogenated alkanes) is 2. The van der Waals surface area contributed by atoms with Crippen molar-refractivity contribution in [3.05, 3.63) is 0 Å². The van der Waals surface area contributed by atoms with Gasteiger partial charge in [0.05, 0.1) is 0 Å². The van der Waals surface area contributed by atoms with Crippen molar-refractivity contribution < 1.29 is 0 Å². The minimum atomic E-state index is 0.324. The third-order valence-electron chi connectivity index (χ3n) is 1.97. The van der Waals surface area contributed by atoms with Gasteiger partial charge in [-0.1, -0.05) is 13.3 Å². The summed E-state index contributed by atoms with van der Waals surface area (Å²) in [5, 5.41) is 0. The van der Waals surface area contributed by atoms with Crippen molar-refractivity contribution in [2.45, 2.75) is 45.1 Å². The van der Waals surface area contributed by atoms with E-state index >= 15 is 0 Å². The van der Waals surface area contributed by atoms with E-state index in [1.807, 2.05) is 0 Å². The average molecular weight is 204 g/mol. The summed E-state index contributed by atoms with van der Waals surface area (Å²) in [5.41, 5.74) is 21.2. The van der Waals surface area contributed by atoms with Crippen molar-refractivity contribution in [3.63, 3.8) is 0 Å². The fourth-order valence-electron chi connectivity index (χ4n) is 0.884. The molecule has 88 valence electrons. The molecule has 0 rings (SSSR count). The van der Waals surface area contributed by atoms with E-state index in [2.05, 4.69) is 6.92 Å². The van der Waals surface area contributed by atoms with Gasteiger partial charge >= 0.3 is 0 Å². The van der Waals surface area contributed by atoms with Crippen LogP contribution in [0.1, 0.15) is 39.0 Å². The van der Waals surface area contributed by atoms with Gasteiger partial charge in [0.2, 0.25) is 0 Å². The van der Waals surface area contributed by atoms with Gasteiger partial charge in [0.15, 0.2) is 0 Å². The first kappa shape index (κ1) is 16.3. The van der Waals surface area contributed by atoms with Crippen LogP contribution < -0.4 is 22.9 Å². The fraction of sp³-hybridized carbons (Fsp3) is 1.00. The van der Waals surface area contributed by atoms with Crippen LogP contribution in [-0.2, 0) is 0 Å². The predicted octanol–water partition coefficient (Wildman–Crippen LogP) is 0.147. The molecule has 0 saturated carbocycles. The van der Waals surface area contributed by atoms with Gasteiger partial charge in [0.25, 0.3) is 0 Å². The molecule has 1 atom stereocenters. The van der Waals surface area contributed by atoms with Gasteiger partial charge in [0.1, 0.15) is 0 Å². The van der Waals surface area contributed by atoms with Crippen LogP contribution in [0.2, 0.25) is 0 Å². The molecular weight excluding hydrogens is 176 g/mol. The van der Waals surface area contributed by atoms with Gasteiger partial charge in [-0.15, -0.1) is 0 Å². The number of nitrogens with two attached hydrogens (primary N) is 4. The molecule has 4 heteroatoms. The maximum atomic E-state index is 5.50. The largest absolute Gasteiger partial charge is 0.330 e. The molecule has 0 aromatic heterocycles. The van der Waals surface area contributed by atoms with Gasteiger partial charge in [-0.05, 0) is 45.3 Å². The Bertz CT molecular complexity index is 84.2. The minimum Gasteiger partial charge on any atom is -0.330 e. The first-order valence-corrected chi connectivity index (χ1v) is 5.58. The molecule has 0 radical (unpaired) electrons. The van der Waals surface area contributed by atoms with E-state index in [9.17, 15) is 0 Å². The van der Waals surface area contributed by atoms with Crippen LogP contribution in [0.5, 0.6) is 0 Å². The highest BCUT2D eigenvalue weighted by atomic mass is 14.6. The van der Waals surface area contributed by atoms with E-state index in [1.54, 1.807) is 0 Å². The predicted molar refractivity (Wildman–Crippen MR) is 63.9 cm³/mol. The van der Waals surface area contributed by atoms with Crippen LogP contribution in [-0.4, -0.2) is 25.7 Å². The molecule has 0 aromatic rings. The highest BCUT2D eigenvalue weighted by molar-refractivity contribution is 4.56. The summed E-state index contributed by atoms with van der Waals surface area (Å²) in [7, 11) is 0. The standard InChI is InChI=1S/2C5H14N2/c1-2-5(7)3-4-6;6-4-2-1-3-5-7/h5H,2-4,6-7H2,1H3;1-7H2. The van der Waals surface area contributed by atoms with Crippen LogP contribution >= 0.6 is 0 Å². The maximum Gasteiger partial charge on any atom is 0.00482 e. The third kappa shape index (κ3) is 17.8. The summed E-state index contributed by atoms with van der Waals surface area (Å²) in [6.07, 6.45) is 5.43. The quantitative estimate of drug-likeness (QED) is 0.443. The summed E-state index contributed by atoms with van der Waals surface area (Å²) < 4.78 is 0. The Kier molecular flexibility index (Phi) is 17.8. The maximum absolute atomic E-state index is 5.50. The molecule has 0 fully saturated rings. The van der Waals surface area contributed by atoms with E-state index in [-0.39, 0.29) is 0 Å². The second-order valence-corrected chi connectivity index (χ2v) is 3.38. The molecule has 0 heterocycles. The first-order valence-electron chi connectivity index (χ1n) is 5.58. The zero-order chi connectivity index (χ0) is 11.2. The molecule has 0 amide bonds. The second-order valence-electron chi connectivity index (χ2n) is 3.38. The van der Waals surface area contributed by atoms with E-state index in [1.165, 1.54) is 6.42 Å². The molecule has 0 spiro atoms. The normalized spacial score (nSPS) is 11.8. The lowest BCUT2D eigenvalue weighted by molar-refractivity contribution is 0.604. The van der Waals surface area contributed by atoms with Gasteiger partial charge in [-0.3, -0.25) is 0 Å². The smallest absolute Gasteiger partial charge is 0.00482 e. The van der Waals surface area contributed by atoms with Crippen LogP contribution in [0.15, 0.2) is 0 Å². The van der Waals surface area contributed by atoms with Crippen molar-refractivity contribution in [2.24, 2.45) is 22.9 Å². The molecule has 0 aliphatic carbocycles. The van der Waals surface area contributed by atoms with E-state index in [4.69, 9.17) is 22.9 Å². The minimum absolute atomic E-state index is 0.324. The van der Waals surface area contributed by atoms with E-state index in [0.717, 1.165) is 45.3 Å². The average Bonchev–Trinajstić information content (AvgIpc) is 2.20. The lowest BCUT2D eigenvalue weighted by Crippen LogP contribution is -2.22. The van der Waals surface area contributed by atoms with E-state index in [0.29, 0.717) is 6.04 Å². The van der Waals surface area contributed by atoms with Crippen molar-refractivity contribution in [3.8, 4) is 0 Å². The monoisotopic (exact) mass is 204 g/mol. The molecule has 0 saturated heterocycles. The van der Waals surface area contributed by atoms with Gasteiger partial charge in [-0.25, -0.2) is 0 Å². The Morgan fingerprint density at radius 1 is 0.857 bits per heavy atom. The summed E-state index contributed by atoms with van der Waals surface area (Å²) >= 11 is 0. The zero-order valence-corrected chi connectivity index (χ0v) is 9.54. The van der Waals surface area contributed by atoms with Crippen molar-refractivity contribution >= 4 is 0 Å². The Morgan fingerprint density at radius 2 is 1.36 bits per heavy atom. The Morgan fingerprint density at radius 3 is 1.57 bits per heavy atom. The van der Waals surface area contributed by atoms with Crippen LogP contribution in [0.25, 0.3) is 0 Å². The second kappa shape index (κ2) is 15.3. The zero-order valence-electron chi connectivity index (χ0n) is 9.54. The topological polar surface area (TPSA) is 104 Å². The van der Waals surface area contributed by atoms with Gasteiger partial charge < -0.3 is 22.9 Å². The Balaban J connectivity index is 0. The van der Waals surface area contributed by atoms with Crippen molar-refractivity contribution in [1.82, 2.24) is 0 Å². The van der Waals surface area contributed by atoms with Crippen molar-refractivity contribution in [2.75, 3.05) is 19.6 Å². The molecule has 0 bridgehead atoms. The highest BCUT2D eigenvalue weighted by Gasteiger charge is 1.92. The number of hydrogen-bond donors (Lipinski definition) is 4. The molecule has 4 nitrogen and oxygen atoms in total. The first-order chi connectivity index (χ1) is 6.72. The third-order valence-corrected chi connectivity index (χ3v) is 1.97. The lowest BCUT2D eigenvalue weighted by Gasteiger charge is -2.03. The fourth-order valence-corrected chi connectivity index (χ4v) is 0.884. The van der Waals surface area contributed by atoms with Gasteiger partial charge in [-0.2, -0.15) is 0 Å². The summed E-state index contributed by atoms with van der Waals surface area (Å²) in [5.74, 6) is 0. The SMILES string of the molecule is CCC(N)CCN.NCCCCCN. The molecule has 14 heavy (non-hydrogen) atoms.